The normalized spacial score (nSPS) is 25.7. The smallest absolute Gasteiger partial charge is 0.351 e. The summed E-state index contributed by atoms with van der Waals surface area (Å²) in [5.74, 6) is 0.220. The van der Waals surface area contributed by atoms with Gasteiger partial charge in [-0.05, 0) is 38.7 Å². The van der Waals surface area contributed by atoms with Gasteiger partial charge in [0, 0.05) is 12.6 Å². The van der Waals surface area contributed by atoms with Crippen LogP contribution in [-0.4, -0.2) is 27.4 Å². The SMILES string of the molecule is CC(C)(C)C[C@H]1O[C@@H](n2ccc(N)nc2=O)C[C@H]1OC(C)(C)C. The van der Waals surface area contributed by atoms with Gasteiger partial charge in [-0.1, -0.05) is 20.8 Å². The van der Waals surface area contributed by atoms with Gasteiger partial charge in [0.1, 0.15) is 12.0 Å². The second-order valence-electron chi connectivity index (χ2n) is 8.44. The average molecular weight is 323 g/mol. The highest BCUT2D eigenvalue weighted by atomic mass is 16.6. The molecule has 1 aromatic heterocycles. The molecule has 1 aliphatic heterocycles. The molecule has 23 heavy (non-hydrogen) atoms. The first-order chi connectivity index (χ1) is 10.4. The van der Waals surface area contributed by atoms with Crippen LogP contribution in [0.3, 0.4) is 0 Å². The maximum Gasteiger partial charge on any atom is 0.351 e. The predicted octanol–water partition coefficient (Wildman–Crippen LogP) is 2.73. The van der Waals surface area contributed by atoms with Crippen LogP contribution in [0.25, 0.3) is 0 Å². The number of nitrogens with two attached hydrogens (primary N) is 1. The van der Waals surface area contributed by atoms with E-state index in [0.717, 1.165) is 6.42 Å². The van der Waals surface area contributed by atoms with Crippen molar-refractivity contribution in [3.63, 3.8) is 0 Å². The first-order valence-corrected chi connectivity index (χ1v) is 8.12. The van der Waals surface area contributed by atoms with E-state index >= 15 is 0 Å². The van der Waals surface area contributed by atoms with Crippen molar-refractivity contribution in [2.24, 2.45) is 5.41 Å². The van der Waals surface area contributed by atoms with E-state index in [1.165, 1.54) is 4.57 Å². The molecule has 0 radical (unpaired) electrons. The first kappa shape index (κ1) is 17.9. The Kier molecular flexibility index (Phi) is 4.87. The topological polar surface area (TPSA) is 79.4 Å². The first-order valence-electron chi connectivity index (χ1n) is 8.12. The van der Waals surface area contributed by atoms with Gasteiger partial charge in [-0.3, -0.25) is 4.57 Å². The van der Waals surface area contributed by atoms with Gasteiger partial charge in [-0.15, -0.1) is 0 Å². The van der Waals surface area contributed by atoms with Crippen molar-refractivity contribution in [3.8, 4) is 0 Å². The van der Waals surface area contributed by atoms with Crippen LogP contribution in [0.1, 0.15) is 60.6 Å². The summed E-state index contributed by atoms with van der Waals surface area (Å²) >= 11 is 0. The summed E-state index contributed by atoms with van der Waals surface area (Å²) in [7, 11) is 0. The summed E-state index contributed by atoms with van der Waals surface area (Å²) in [5, 5.41) is 0. The third kappa shape index (κ3) is 5.04. The number of anilines is 1. The third-order valence-electron chi connectivity index (χ3n) is 3.66. The molecule has 0 unspecified atom stereocenters. The molecule has 1 aromatic rings. The van der Waals surface area contributed by atoms with Gasteiger partial charge in [0.15, 0.2) is 0 Å². The predicted molar refractivity (Wildman–Crippen MR) is 90.1 cm³/mol. The van der Waals surface area contributed by atoms with Gasteiger partial charge >= 0.3 is 5.69 Å². The van der Waals surface area contributed by atoms with E-state index in [1.54, 1.807) is 12.3 Å². The minimum absolute atomic E-state index is 0.0521. The lowest BCUT2D eigenvalue weighted by molar-refractivity contribution is -0.102. The molecular formula is C17H29N3O3. The highest BCUT2D eigenvalue weighted by molar-refractivity contribution is 5.23. The zero-order valence-corrected chi connectivity index (χ0v) is 15.0. The van der Waals surface area contributed by atoms with Gasteiger partial charge in [0.25, 0.3) is 0 Å². The van der Waals surface area contributed by atoms with Crippen molar-refractivity contribution in [3.05, 3.63) is 22.7 Å². The molecule has 2 N–H and O–H groups in total. The van der Waals surface area contributed by atoms with Gasteiger partial charge in [-0.2, -0.15) is 4.98 Å². The maximum atomic E-state index is 12.1. The number of hydrogen-bond donors (Lipinski definition) is 1. The molecule has 2 heterocycles. The van der Waals surface area contributed by atoms with E-state index in [-0.39, 0.29) is 41.0 Å². The quantitative estimate of drug-likeness (QED) is 0.925. The zero-order chi connectivity index (χ0) is 17.4. The number of nitrogens with zero attached hydrogens (tertiary/aromatic N) is 2. The summed E-state index contributed by atoms with van der Waals surface area (Å²) in [6.45, 7) is 12.6. The van der Waals surface area contributed by atoms with Crippen LogP contribution in [0, 0.1) is 5.41 Å². The second-order valence-corrected chi connectivity index (χ2v) is 8.44. The molecule has 0 aromatic carbocycles. The van der Waals surface area contributed by atoms with Crippen LogP contribution < -0.4 is 11.4 Å². The van der Waals surface area contributed by atoms with E-state index in [4.69, 9.17) is 15.2 Å². The Morgan fingerprint density at radius 1 is 1.35 bits per heavy atom. The summed E-state index contributed by atoms with van der Waals surface area (Å²) < 4.78 is 13.8. The molecule has 1 aliphatic rings. The van der Waals surface area contributed by atoms with Crippen molar-refractivity contribution in [2.45, 2.75) is 78.4 Å². The highest BCUT2D eigenvalue weighted by Crippen LogP contribution is 2.37. The van der Waals surface area contributed by atoms with Crippen molar-refractivity contribution >= 4 is 5.82 Å². The number of nitrogen functional groups attached to an aromatic ring is 1. The summed E-state index contributed by atoms with van der Waals surface area (Å²) in [5.41, 5.74) is 5.02. The van der Waals surface area contributed by atoms with Gasteiger partial charge < -0.3 is 15.2 Å². The number of rotatable bonds is 3. The van der Waals surface area contributed by atoms with Gasteiger partial charge in [0.2, 0.25) is 0 Å². The van der Waals surface area contributed by atoms with Gasteiger partial charge in [0.05, 0.1) is 17.8 Å². The summed E-state index contributed by atoms with van der Waals surface area (Å²) in [4.78, 5) is 15.8. The molecule has 2 rings (SSSR count). The van der Waals surface area contributed by atoms with Crippen LogP contribution in [0.4, 0.5) is 5.82 Å². The molecule has 1 fully saturated rings. The van der Waals surface area contributed by atoms with Crippen LogP contribution >= 0.6 is 0 Å². The molecule has 130 valence electrons. The minimum Gasteiger partial charge on any atom is -0.383 e. The standard InChI is InChI=1S/C17H29N3O3/c1-16(2,3)10-12-11(23-17(4,5)6)9-14(22-12)20-8-7-13(18)19-15(20)21/h7-8,11-12,14H,9-10H2,1-6H3,(H2,18,19,21)/t11-,12-,14-/m1/s1. The molecule has 0 saturated carbocycles. The van der Waals surface area contributed by atoms with Crippen molar-refractivity contribution in [2.75, 3.05) is 5.73 Å². The lowest BCUT2D eigenvalue weighted by Gasteiger charge is -2.31. The Bertz CT molecular complexity index is 574. The van der Waals surface area contributed by atoms with Crippen LogP contribution in [-0.2, 0) is 9.47 Å². The lowest BCUT2D eigenvalue weighted by atomic mass is 9.87. The van der Waals surface area contributed by atoms with Crippen molar-refractivity contribution < 1.29 is 9.47 Å². The molecule has 6 heteroatoms. The van der Waals surface area contributed by atoms with E-state index < -0.39 is 0 Å². The average Bonchev–Trinajstić information content (AvgIpc) is 2.67. The molecule has 0 amide bonds. The summed E-state index contributed by atoms with van der Waals surface area (Å²) in [6, 6.07) is 1.61. The molecule has 0 spiro atoms. The Balaban J connectivity index is 2.23. The Morgan fingerprint density at radius 2 is 2.00 bits per heavy atom. The van der Waals surface area contributed by atoms with Crippen LogP contribution in [0.5, 0.6) is 0 Å². The fourth-order valence-corrected chi connectivity index (χ4v) is 2.88. The van der Waals surface area contributed by atoms with E-state index in [2.05, 4.69) is 25.8 Å². The summed E-state index contributed by atoms with van der Waals surface area (Å²) in [6.07, 6.45) is 2.66. The third-order valence-corrected chi connectivity index (χ3v) is 3.66. The molecule has 3 atom stereocenters. The Hall–Kier alpha value is -1.40. The molecule has 0 bridgehead atoms. The monoisotopic (exact) mass is 323 g/mol. The van der Waals surface area contributed by atoms with Crippen LogP contribution in [0.15, 0.2) is 17.1 Å². The number of ether oxygens (including phenoxy) is 2. The van der Waals surface area contributed by atoms with E-state index in [1.807, 2.05) is 20.8 Å². The fraction of sp³-hybridized carbons (Fsp3) is 0.765. The second kappa shape index (κ2) is 6.24. The zero-order valence-electron chi connectivity index (χ0n) is 15.0. The minimum atomic E-state index is -0.388. The molecule has 1 saturated heterocycles. The molecular weight excluding hydrogens is 294 g/mol. The van der Waals surface area contributed by atoms with E-state index in [0.29, 0.717) is 6.42 Å². The van der Waals surface area contributed by atoms with Gasteiger partial charge in [-0.25, -0.2) is 4.79 Å². The Labute approximate surface area is 138 Å². The Morgan fingerprint density at radius 3 is 2.52 bits per heavy atom. The molecule has 0 aliphatic carbocycles. The van der Waals surface area contributed by atoms with Crippen molar-refractivity contribution in [1.82, 2.24) is 9.55 Å². The molecule has 6 nitrogen and oxygen atoms in total. The lowest BCUT2D eigenvalue weighted by Crippen LogP contribution is -2.35. The highest BCUT2D eigenvalue weighted by Gasteiger charge is 2.41. The number of aromatic nitrogens is 2. The van der Waals surface area contributed by atoms with Crippen LogP contribution in [0.2, 0.25) is 0 Å². The van der Waals surface area contributed by atoms with E-state index in [9.17, 15) is 4.79 Å². The fourth-order valence-electron chi connectivity index (χ4n) is 2.88. The largest absolute Gasteiger partial charge is 0.383 e. The maximum absolute atomic E-state index is 12.1. The number of hydrogen-bond acceptors (Lipinski definition) is 5. The van der Waals surface area contributed by atoms with Crippen molar-refractivity contribution in [1.29, 1.82) is 0 Å².